The number of halogens is 1. The Morgan fingerprint density at radius 1 is 1.27 bits per heavy atom. The van der Waals surface area contributed by atoms with Crippen LogP contribution in [0.1, 0.15) is 37.9 Å². The first-order valence-electron chi connectivity index (χ1n) is 9.18. The van der Waals surface area contributed by atoms with E-state index >= 15 is 0 Å². The van der Waals surface area contributed by atoms with Crippen molar-refractivity contribution in [1.29, 1.82) is 0 Å². The largest absolute Gasteiger partial charge is 0.349 e. The molecule has 1 saturated carbocycles. The van der Waals surface area contributed by atoms with Crippen molar-refractivity contribution >= 4 is 47.3 Å². The fourth-order valence-corrected chi connectivity index (χ4v) is 5.60. The molecule has 1 N–H and O–H groups in total. The lowest BCUT2D eigenvalue weighted by Gasteiger charge is -2.45. The van der Waals surface area contributed by atoms with E-state index in [4.69, 9.17) is 0 Å². The first-order chi connectivity index (χ1) is 12.3. The van der Waals surface area contributed by atoms with Gasteiger partial charge in [-0.15, -0.1) is 34.2 Å². The molecule has 4 rings (SSSR count). The van der Waals surface area contributed by atoms with Gasteiger partial charge in [-0.2, -0.15) is 11.8 Å². The summed E-state index contributed by atoms with van der Waals surface area (Å²) in [5.74, 6) is 3.09. The van der Waals surface area contributed by atoms with Crippen LogP contribution in [0.15, 0.2) is 29.4 Å². The number of fused-ring (bicyclic) bond motifs is 1. The zero-order chi connectivity index (χ0) is 17.1. The van der Waals surface area contributed by atoms with Crippen LogP contribution < -0.4 is 5.32 Å². The van der Waals surface area contributed by atoms with E-state index in [2.05, 4.69) is 37.2 Å². The van der Waals surface area contributed by atoms with Crippen molar-refractivity contribution in [1.82, 2.24) is 24.8 Å². The number of hydrogen-bond donors (Lipinski definition) is 1. The monoisotopic (exact) mass is 486 g/mol. The van der Waals surface area contributed by atoms with Gasteiger partial charge in [0.05, 0.1) is 6.54 Å². The molecular formula is C18H27IN6S. The van der Waals surface area contributed by atoms with E-state index in [0.29, 0.717) is 11.3 Å². The standard InChI is InChI=1S/C18H26N6S.HI/c1-19-17(20-13-16-22-21-15-7-3-6-10-24(15)16)23-11-12-25-18(14-23)8-4-2-5-9-18;/h3,6-7,10H,2,4-5,8-9,11-14H2,1H3,(H,19,20);1H. The Kier molecular flexibility index (Phi) is 6.65. The fraction of sp³-hybridized carbons (Fsp3) is 0.611. The van der Waals surface area contributed by atoms with Crippen molar-refractivity contribution in [3.63, 3.8) is 0 Å². The fourth-order valence-electron chi connectivity index (χ4n) is 4.03. The van der Waals surface area contributed by atoms with Crippen LogP contribution in [0.3, 0.4) is 0 Å². The van der Waals surface area contributed by atoms with Crippen LogP contribution in [-0.2, 0) is 6.54 Å². The SMILES string of the molecule is CN=C(NCc1nnc2ccccn12)N1CCSC2(CCCCC2)C1.I. The van der Waals surface area contributed by atoms with Crippen molar-refractivity contribution in [3.8, 4) is 0 Å². The minimum atomic E-state index is 0. The Labute approximate surface area is 176 Å². The molecule has 3 heterocycles. The number of pyridine rings is 1. The quantitative estimate of drug-likeness (QED) is 0.402. The highest BCUT2D eigenvalue weighted by Gasteiger charge is 2.38. The Hall–Kier alpha value is -1.03. The maximum atomic E-state index is 4.53. The molecule has 0 unspecified atom stereocenters. The third kappa shape index (κ3) is 4.11. The molecule has 0 aromatic carbocycles. The summed E-state index contributed by atoms with van der Waals surface area (Å²) in [6.07, 6.45) is 8.84. The summed E-state index contributed by atoms with van der Waals surface area (Å²) in [6.45, 7) is 2.80. The number of guanidine groups is 1. The normalized spacial score (nSPS) is 20.2. The minimum absolute atomic E-state index is 0. The molecule has 142 valence electrons. The van der Waals surface area contributed by atoms with E-state index in [1.165, 1.54) is 37.9 Å². The van der Waals surface area contributed by atoms with Crippen LogP contribution in [-0.4, -0.2) is 56.1 Å². The van der Waals surface area contributed by atoms with Crippen LogP contribution in [0.2, 0.25) is 0 Å². The van der Waals surface area contributed by atoms with Gasteiger partial charge in [0.25, 0.3) is 0 Å². The molecule has 0 bridgehead atoms. The van der Waals surface area contributed by atoms with Crippen LogP contribution in [0.5, 0.6) is 0 Å². The van der Waals surface area contributed by atoms with Gasteiger partial charge in [0.2, 0.25) is 0 Å². The van der Waals surface area contributed by atoms with Crippen molar-refractivity contribution in [2.45, 2.75) is 43.4 Å². The smallest absolute Gasteiger partial charge is 0.194 e. The first kappa shape index (κ1) is 19.7. The van der Waals surface area contributed by atoms with Crippen molar-refractivity contribution in [2.24, 2.45) is 4.99 Å². The maximum absolute atomic E-state index is 4.53. The summed E-state index contributed by atoms with van der Waals surface area (Å²) in [6, 6.07) is 5.96. The number of aliphatic imine (C=N–C) groups is 1. The lowest BCUT2D eigenvalue weighted by atomic mass is 9.87. The van der Waals surface area contributed by atoms with Crippen molar-refractivity contribution < 1.29 is 0 Å². The number of hydrogen-bond acceptors (Lipinski definition) is 4. The van der Waals surface area contributed by atoms with E-state index in [1.807, 2.05) is 35.8 Å². The molecule has 0 radical (unpaired) electrons. The third-order valence-electron chi connectivity index (χ3n) is 5.31. The maximum Gasteiger partial charge on any atom is 0.194 e. The van der Waals surface area contributed by atoms with Gasteiger partial charge in [0, 0.05) is 36.8 Å². The highest BCUT2D eigenvalue weighted by atomic mass is 127. The molecule has 8 heteroatoms. The molecule has 2 aromatic heterocycles. The van der Waals surface area contributed by atoms with E-state index in [1.54, 1.807) is 0 Å². The van der Waals surface area contributed by atoms with Gasteiger partial charge in [-0.1, -0.05) is 25.3 Å². The molecule has 2 aromatic rings. The Balaban J connectivity index is 0.00000196. The zero-order valence-electron chi connectivity index (χ0n) is 15.2. The Morgan fingerprint density at radius 3 is 2.92 bits per heavy atom. The molecule has 1 aliphatic heterocycles. The van der Waals surface area contributed by atoms with Gasteiger partial charge < -0.3 is 10.2 Å². The summed E-state index contributed by atoms with van der Waals surface area (Å²) in [5.41, 5.74) is 0.879. The van der Waals surface area contributed by atoms with Gasteiger partial charge >= 0.3 is 0 Å². The molecule has 1 aliphatic carbocycles. The average molecular weight is 486 g/mol. The van der Waals surface area contributed by atoms with Crippen LogP contribution >= 0.6 is 35.7 Å². The molecule has 6 nitrogen and oxygen atoms in total. The van der Waals surface area contributed by atoms with Crippen molar-refractivity contribution in [2.75, 3.05) is 25.9 Å². The second-order valence-electron chi connectivity index (χ2n) is 6.96. The second-order valence-corrected chi connectivity index (χ2v) is 8.52. The predicted molar refractivity (Wildman–Crippen MR) is 118 cm³/mol. The molecule has 1 saturated heterocycles. The van der Waals surface area contributed by atoms with E-state index < -0.39 is 0 Å². The van der Waals surface area contributed by atoms with E-state index in [9.17, 15) is 0 Å². The van der Waals surface area contributed by atoms with Gasteiger partial charge in [0.1, 0.15) is 0 Å². The Morgan fingerprint density at radius 2 is 2.12 bits per heavy atom. The first-order valence-corrected chi connectivity index (χ1v) is 10.2. The zero-order valence-corrected chi connectivity index (χ0v) is 18.4. The molecule has 2 fully saturated rings. The van der Waals surface area contributed by atoms with E-state index in [-0.39, 0.29) is 24.0 Å². The van der Waals surface area contributed by atoms with Gasteiger partial charge in [0.15, 0.2) is 17.4 Å². The molecule has 2 aliphatic rings. The van der Waals surface area contributed by atoms with Crippen LogP contribution in [0.4, 0.5) is 0 Å². The minimum Gasteiger partial charge on any atom is -0.349 e. The summed E-state index contributed by atoms with van der Waals surface area (Å²) in [5, 5.41) is 12.0. The number of thioether (sulfide) groups is 1. The summed E-state index contributed by atoms with van der Waals surface area (Å²) < 4.78 is 2.46. The van der Waals surface area contributed by atoms with E-state index in [0.717, 1.165) is 30.5 Å². The van der Waals surface area contributed by atoms with Crippen LogP contribution in [0.25, 0.3) is 5.65 Å². The highest BCUT2D eigenvalue weighted by Crippen LogP contribution is 2.42. The highest BCUT2D eigenvalue weighted by molar-refractivity contribution is 14.0. The van der Waals surface area contributed by atoms with Crippen LogP contribution in [0, 0.1) is 0 Å². The lowest BCUT2D eigenvalue weighted by molar-refractivity contribution is 0.293. The van der Waals surface area contributed by atoms with Gasteiger partial charge in [-0.25, -0.2) is 0 Å². The van der Waals surface area contributed by atoms with Gasteiger partial charge in [-0.05, 0) is 25.0 Å². The van der Waals surface area contributed by atoms with Gasteiger partial charge in [-0.3, -0.25) is 9.39 Å². The number of nitrogens with zero attached hydrogens (tertiary/aromatic N) is 5. The lowest BCUT2D eigenvalue weighted by Crippen LogP contribution is -2.53. The molecule has 0 amide bonds. The van der Waals surface area contributed by atoms with Crippen molar-refractivity contribution in [3.05, 3.63) is 30.2 Å². The average Bonchev–Trinajstić information content (AvgIpc) is 3.06. The second kappa shape index (κ2) is 8.77. The summed E-state index contributed by atoms with van der Waals surface area (Å²) in [7, 11) is 1.87. The number of aromatic nitrogens is 3. The topological polar surface area (TPSA) is 57.8 Å². The molecular weight excluding hydrogens is 459 g/mol. The Bertz CT molecular complexity index is 749. The third-order valence-corrected chi connectivity index (χ3v) is 6.85. The number of nitrogens with one attached hydrogen (secondary N) is 1. The summed E-state index contributed by atoms with van der Waals surface area (Å²) >= 11 is 2.18. The summed E-state index contributed by atoms with van der Waals surface area (Å²) in [4.78, 5) is 6.97. The number of rotatable bonds is 2. The molecule has 26 heavy (non-hydrogen) atoms. The predicted octanol–water partition coefficient (Wildman–Crippen LogP) is 3.17. The molecule has 1 spiro atoms. The molecule has 0 atom stereocenters.